The molecular weight excluding hydrogens is 358 g/mol. The molecule has 0 aromatic heterocycles. The van der Waals surface area contributed by atoms with Crippen LogP contribution in [0, 0.1) is 11.8 Å². The van der Waals surface area contributed by atoms with Crippen molar-refractivity contribution in [2.45, 2.75) is 18.1 Å². The summed E-state index contributed by atoms with van der Waals surface area (Å²) >= 11 is 0. The number of fused-ring (bicyclic) bond motifs is 4. The van der Waals surface area contributed by atoms with Gasteiger partial charge < -0.3 is 10.4 Å². The fourth-order valence-electron chi connectivity index (χ4n) is 4.90. The second-order valence-electron chi connectivity index (χ2n) is 7.49. The van der Waals surface area contributed by atoms with Crippen LogP contribution in [0.1, 0.15) is 11.1 Å². The van der Waals surface area contributed by atoms with E-state index in [1.165, 1.54) is 4.90 Å². The number of carbonyl (C=O) groups excluding carboxylic acids is 3. The summed E-state index contributed by atoms with van der Waals surface area (Å²) < 4.78 is 0. The maximum Gasteiger partial charge on any atom is 0.250 e. The lowest BCUT2D eigenvalue weighted by atomic mass is 9.76. The molecule has 3 aliphatic heterocycles. The Morgan fingerprint density at radius 3 is 2.43 bits per heavy atom. The Hall–Kier alpha value is -3.03. The second-order valence-corrected chi connectivity index (χ2v) is 7.49. The van der Waals surface area contributed by atoms with Gasteiger partial charge in [0.15, 0.2) is 0 Å². The van der Waals surface area contributed by atoms with Gasteiger partial charge in [0.05, 0.1) is 25.0 Å². The van der Waals surface area contributed by atoms with E-state index in [-0.39, 0.29) is 30.9 Å². The Morgan fingerprint density at radius 2 is 1.68 bits per heavy atom. The molecule has 4 atom stereocenters. The molecule has 2 fully saturated rings. The average molecular weight is 377 g/mol. The number of amides is 3. The maximum absolute atomic E-state index is 13.4. The molecule has 5 rings (SSSR count). The van der Waals surface area contributed by atoms with Gasteiger partial charge in [-0.05, 0) is 11.6 Å². The van der Waals surface area contributed by atoms with Crippen LogP contribution >= 0.6 is 0 Å². The summed E-state index contributed by atoms with van der Waals surface area (Å²) in [7, 11) is 0. The Kier molecular flexibility index (Phi) is 3.65. The van der Waals surface area contributed by atoms with Crippen LogP contribution in [0.3, 0.4) is 0 Å². The van der Waals surface area contributed by atoms with E-state index in [9.17, 15) is 19.5 Å². The summed E-state index contributed by atoms with van der Waals surface area (Å²) in [6.45, 7) is -0.181. The summed E-state index contributed by atoms with van der Waals surface area (Å²) in [5.74, 6) is -2.75. The number of imide groups is 1. The van der Waals surface area contributed by atoms with Gasteiger partial charge in [0.1, 0.15) is 5.54 Å². The normalized spacial score (nSPS) is 30.7. The highest BCUT2D eigenvalue weighted by Gasteiger charge is 2.70. The fraction of sp³-hybridized carbons (Fsp3) is 0.286. The molecule has 3 N–H and O–H groups in total. The van der Waals surface area contributed by atoms with E-state index >= 15 is 0 Å². The number of nitrogens with one attached hydrogen (secondary N) is 2. The molecule has 0 bridgehead atoms. The molecule has 7 nitrogen and oxygen atoms in total. The van der Waals surface area contributed by atoms with E-state index in [1.54, 1.807) is 24.3 Å². The highest BCUT2D eigenvalue weighted by molar-refractivity contribution is 6.15. The molecule has 7 heteroatoms. The van der Waals surface area contributed by atoms with E-state index < -0.39 is 23.4 Å². The predicted octanol–water partition coefficient (Wildman–Crippen LogP) is 0.600. The molecule has 2 saturated heterocycles. The van der Waals surface area contributed by atoms with Crippen LogP contribution in [-0.2, 0) is 26.5 Å². The third kappa shape index (κ3) is 2.08. The zero-order valence-corrected chi connectivity index (χ0v) is 15.0. The third-order valence-corrected chi connectivity index (χ3v) is 6.09. The number of anilines is 1. The number of aliphatic hydroxyl groups is 1. The second kappa shape index (κ2) is 5.98. The first-order valence-corrected chi connectivity index (χ1v) is 9.26. The largest absolute Gasteiger partial charge is 0.395 e. The zero-order valence-electron chi connectivity index (χ0n) is 15.0. The zero-order chi connectivity index (χ0) is 19.5. The number of hydrogen-bond donors (Lipinski definition) is 3. The van der Waals surface area contributed by atoms with Crippen molar-refractivity contribution in [3.63, 3.8) is 0 Å². The highest BCUT2D eigenvalue weighted by Crippen LogP contribution is 2.52. The van der Waals surface area contributed by atoms with Crippen molar-refractivity contribution in [3.05, 3.63) is 65.7 Å². The van der Waals surface area contributed by atoms with E-state index in [2.05, 4.69) is 10.6 Å². The number of likely N-dealkylation sites (tertiary alicyclic amines) is 1. The first-order valence-electron chi connectivity index (χ1n) is 9.26. The van der Waals surface area contributed by atoms with Gasteiger partial charge in [0.25, 0.3) is 0 Å². The van der Waals surface area contributed by atoms with Crippen LogP contribution in [0.2, 0.25) is 0 Å². The minimum Gasteiger partial charge on any atom is -0.395 e. The number of aliphatic hydroxyl groups excluding tert-OH is 1. The van der Waals surface area contributed by atoms with Crippen molar-refractivity contribution in [2.24, 2.45) is 11.8 Å². The number of para-hydroxylation sites is 1. The van der Waals surface area contributed by atoms with E-state index in [0.717, 1.165) is 5.56 Å². The summed E-state index contributed by atoms with van der Waals surface area (Å²) in [5.41, 5.74) is 0.767. The van der Waals surface area contributed by atoms with Gasteiger partial charge in [0, 0.05) is 17.3 Å². The van der Waals surface area contributed by atoms with E-state index in [4.69, 9.17) is 0 Å². The molecule has 2 aromatic rings. The molecule has 3 heterocycles. The quantitative estimate of drug-likeness (QED) is 0.681. The van der Waals surface area contributed by atoms with Crippen molar-refractivity contribution in [1.29, 1.82) is 0 Å². The Morgan fingerprint density at radius 1 is 0.964 bits per heavy atom. The van der Waals surface area contributed by atoms with Crippen LogP contribution in [0.15, 0.2) is 54.6 Å². The summed E-state index contributed by atoms with van der Waals surface area (Å²) in [6, 6.07) is 15.8. The Labute approximate surface area is 161 Å². The molecule has 0 saturated carbocycles. The topological polar surface area (TPSA) is 98.7 Å². The summed E-state index contributed by atoms with van der Waals surface area (Å²) in [6.07, 6.45) is 0. The minimum absolute atomic E-state index is 0.156. The number of benzene rings is 2. The van der Waals surface area contributed by atoms with Crippen molar-refractivity contribution >= 4 is 23.4 Å². The first kappa shape index (κ1) is 17.1. The lowest BCUT2D eigenvalue weighted by molar-refractivity contribution is -0.143. The third-order valence-electron chi connectivity index (χ3n) is 6.09. The molecular formula is C21H19N3O4. The maximum atomic E-state index is 13.4. The molecule has 0 aliphatic carbocycles. The van der Waals surface area contributed by atoms with Crippen LogP contribution in [0.25, 0.3) is 0 Å². The van der Waals surface area contributed by atoms with Crippen LogP contribution < -0.4 is 10.6 Å². The first-order chi connectivity index (χ1) is 13.6. The molecule has 0 unspecified atom stereocenters. The van der Waals surface area contributed by atoms with Gasteiger partial charge in [-0.3, -0.25) is 24.6 Å². The smallest absolute Gasteiger partial charge is 0.250 e. The van der Waals surface area contributed by atoms with Crippen LogP contribution in [0.5, 0.6) is 0 Å². The Balaban J connectivity index is 1.60. The molecule has 28 heavy (non-hydrogen) atoms. The van der Waals surface area contributed by atoms with Crippen LogP contribution in [0.4, 0.5) is 5.69 Å². The minimum atomic E-state index is -1.34. The highest BCUT2D eigenvalue weighted by atomic mass is 16.3. The van der Waals surface area contributed by atoms with Crippen LogP contribution in [-0.4, -0.2) is 40.4 Å². The number of carbonyl (C=O) groups is 3. The van der Waals surface area contributed by atoms with Crippen molar-refractivity contribution in [1.82, 2.24) is 10.2 Å². The summed E-state index contributed by atoms with van der Waals surface area (Å²) in [4.78, 5) is 40.8. The number of nitrogens with zero attached hydrogens (tertiary/aromatic N) is 1. The van der Waals surface area contributed by atoms with Crippen molar-refractivity contribution in [2.75, 3.05) is 11.9 Å². The van der Waals surface area contributed by atoms with Gasteiger partial charge >= 0.3 is 0 Å². The lowest BCUT2D eigenvalue weighted by Crippen LogP contribution is -2.53. The van der Waals surface area contributed by atoms with E-state index in [1.807, 2.05) is 30.3 Å². The lowest BCUT2D eigenvalue weighted by Gasteiger charge is -2.29. The van der Waals surface area contributed by atoms with Gasteiger partial charge in [-0.2, -0.15) is 0 Å². The van der Waals surface area contributed by atoms with Gasteiger partial charge in [0.2, 0.25) is 17.7 Å². The average Bonchev–Trinajstić information content (AvgIpc) is 3.29. The SMILES string of the molecule is O=C1[C@@H]2[C@H](CO)N[C@]3(C(=O)Nc4ccccc43)[C@H]2C(=O)N1Cc1ccccc1. The number of hydrogen-bond acceptors (Lipinski definition) is 5. The summed E-state index contributed by atoms with van der Waals surface area (Å²) in [5, 5.41) is 15.9. The van der Waals surface area contributed by atoms with Crippen molar-refractivity contribution in [3.8, 4) is 0 Å². The van der Waals surface area contributed by atoms with Gasteiger partial charge in [-0.25, -0.2) is 0 Å². The standard InChI is InChI=1S/C21H19N3O4/c25-11-15-16-17(19(27)24(18(16)26)10-12-6-2-1-3-7-12)21(23-15)13-8-4-5-9-14(13)22-20(21)28/h1-9,15-17,23,25H,10-11H2,(H,22,28)/t15-,16+,17+,21-/m0/s1. The Bertz CT molecular complexity index is 992. The molecule has 1 spiro atoms. The fourth-order valence-corrected chi connectivity index (χ4v) is 4.90. The van der Waals surface area contributed by atoms with Gasteiger partial charge in [-0.15, -0.1) is 0 Å². The molecule has 0 radical (unpaired) electrons. The molecule has 2 aromatic carbocycles. The van der Waals surface area contributed by atoms with Crippen molar-refractivity contribution < 1.29 is 19.5 Å². The molecule has 3 amide bonds. The molecule has 3 aliphatic rings. The monoisotopic (exact) mass is 377 g/mol. The predicted molar refractivity (Wildman–Crippen MR) is 99.7 cm³/mol. The van der Waals surface area contributed by atoms with Gasteiger partial charge in [-0.1, -0.05) is 48.5 Å². The van der Waals surface area contributed by atoms with E-state index in [0.29, 0.717) is 11.3 Å². The molecule has 142 valence electrons. The number of rotatable bonds is 3.